The molecule has 0 aromatic heterocycles. The van der Waals surface area contributed by atoms with Crippen molar-refractivity contribution in [2.75, 3.05) is 5.43 Å². The Morgan fingerprint density at radius 3 is 2.36 bits per heavy atom. The lowest BCUT2D eigenvalue weighted by molar-refractivity contribution is 0.210. The van der Waals surface area contributed by atoms with Gasteiger partial charge in [-0.1, -0.05) is 11.6 Å². The van der Waals surface area contributed by atoms with E-state index in [1.54, 1.807) is 6.21 Å². The minimum Gasteiger partial charge on any atom is -0.490 e. The molecule has 1 aliphatic rings. The summed E-state index contributed by atoms with van der Waals surface area (Å²) in [5, 5.41) is 4.93. The quantitative estimate of drug-likeness (QED) is 0.614. The van der Waals surface area contributed by atoms with Gasteiger partial charge in [-0.15, -0.1) is 0 Å². The monoisotopic (exact) mass is 314 g/mol. The smallest absolute Gasteiger partial charge is 0.119 e. The standard InChI is InChI=1S/C18H19ClN2O/c19-15-7-9-16(10-8-15)21-20-13-14-5-11-18(12-6-14)22-17-3-1-2-4-17/h5-13,17,21H,1-4H2. The molecule has 1 fully saturated rings. The number of hydrogen-bond donors (Lipinski definition) is 1. The van der Waals surface area contributed by atoms with Crippen LogP contribution in [-0.2, 0) is 0 Å². The summed E-state index contributed by atoms with van der Waals surface area (Å²) >= 11 is 5.84. The SMILES string of the molecule is Clc1ccc(NN=Cc2ccc(OC3CCCC3)cc2)cc1. The Hall–Kier alpha value is -2.00. The third kappa shape index (κ3) is 4.25. The maximum absolute atomic E-state index is 5.94. The van der Waals surface area contributed by atoms with E-state index in [-0.39, 0.29) is 0 Å². The highest BCUT2D eigenvalue weighted by atomic mass is 35.5. The zero-order valence-corrected chi connectivity index (χ0v) is 13.1. The van der Waals surface area contributed by atoms with E-state index in [1.165, 1.54) is 25.7 Å². The van der Waals surface area contributed by atoms with E-state index in [2.05, 4.69) is 10.5 Å². The molecule has 1 N–H and O–H groups in total. The van der Waals surface area contributed by atoms with Gasteiger partial charge in [0.05, 0.1) is 18.0 Å². The molecule has 4 heteroatoms. The van der Waals surface area contributed by atoms with Gasteiger partial charge < -0.3 is 4.74 Å². The average Bonchev–Trinajstić information content (AvgIpc) is 3.04. The van der Waals surface area contributed by atoms with Crippen LogP contribution in [0.3, 0.4) is 0 Å². The Kier molecular flexibility index (Phi) is 4.96. The van der Waals surface area contributed by atoms with E-state index < -0.39 is 0 Å². The molecule has 0 unspecified atom stereocenters. The molecule has 114 valence electrons. The number of anilines is 1. The van der Waals surface area contributed by atoms with Gasteiger partial charge in [-0.2, -0.15) is 5.10 Å². The fourth-order valence-electron chi connectivity index (χ4n) is 2.54. The predicted molar refractivity (Wildman–Crippen MR) is 92.0 cm³/mol. The Labute approximate surface area is 136 Å². The van der Waals surface area contributed by atoms with E-state index in [0.717, 1.165) is 17.0 Å². The van der Waals surface area contributed by atoms with E-state index in [0.29, 0.717) is 11.1 Å². The highest BCUT2D eigenvalue weighted by Gasteiger charge is 2.16. The number of halogens is 1. The number of ether oxygens (including phenoxy) is 1. The van der Waals surface area contributed by atoms with E-state index in [9.17, 15) is 0 Å². The minimum atomic E-state index is 0.395. The molecule has 2 aromatic carbocycles. The zero-order chi connectivity index (χ0) is 15.2. The van der Waals surface area contributed by atoms with Gasteiger partial charge in [0, 0.05) is 5.02 Å². The van der Waals surface area contributed by atoms with Crippen LogP contribution >= 0.6 is 11.6 Å². The zero-order valence-electron chi connectivity index (χ0n) is 12.3. The van der Waals surface area contributed by atoms with E-state index >= 15 is 0 Å². The molecule has 3 rings (SSSR count). The first kappa shape index (κ1) is 14.9. The lowest BCUT2D eigenvalue weighted by atomic mass is 10.2. The number of benzene rings is 2. The Morgan fingerprint density at radius 1 is 1.00 bits per heavy atom. The number of rotatable bonds is 5. The normalized spacial score (nSPS) is 15.3. The molecule has 22 heavy (non-hydrogen) atoms. The third-order valence-corrected chi connectivity index (χ3v) is 3.99. The second kappa shape index (κ2) is 7.32. The first-order valence-electron chi connectivity index (χ1n) is 7.61. The van der Waals surface area contributed by atoms with Crippen molar-refractivity contribution < 1.29 is 4.74 Å². The van der Waals surface area contributed by atoms with Gasteiger partial charge in [-0.05, 0) is 79.8 Å². The molecule has 0 aliphatic heterocycles. The first-order chi connectivity index (χ1) is 10.8. The Balaban J connectivity index is 1.53. The van der Waals surface area contributed by atoms with Crippen LogP contribution < -0.4 is 10.2 Å². The maximum atomic E-state index is 5.94. The Bertz CT molecular complexity index is 617. The largest absolute Gasteiger partial charge is 0.490 e. The molecular formula is C18H19ClN2O. The fourth-order valence-corrected chi connectivity index (χ4v) is 2.66. The number of nitrogens with zero attached hydrogens (tertiary/aromatic N) is 1. The topological polar surface area (TPSA) is 33.6 Å². The van der Waals surface area contributed by atoms with Gasteiger partial charge in [-0.25, -0.2) is 0 Å². The second-order valence-electron chi connectivity index (χ2n) is 5.47. The highest BCUT2D eigenvalue weighted by Crippen LogP contribution is 2.24. The van der Waals surface area contributed by atoms with Gasteiger partial charge in [0.25, 0.3) is 0 Å². The van der Waals surface area contributed by atoms with Crippen LogP contribution in [0, 0.1) is 0 Å². The summed E-state index contributed by atoms with van der Waals surface area (Å²) in [5.74, 6) is 0.940. The lowest BCUT2D eigenvalue weighted by Crippen LogP contribution is -2.10. The summed E-state index contributed by atoms with van der Waals surface area (Å²) in [4.78, 5) is 0. The van der Waals surface area contributed by atoms with Gasteiger partial charge in [-0.3, -0.25) is 5.43 Å². The fraction of sp³-hybridized carbons (Fsp3) is 0.278. The summed E-state index contributed by atoms with van der Waals surface area (Å²) in [6.07, 6.45) is 7.10. The van der Waals surface area contributed by atoms with Crippen LogP contribution in [0.5, 0.6) is 5.75 Å². The summed E-state index contributed by atoms with van der Waals surface area (Å²) in [6.45, 7) is 0. The average molecular weight is 315 g/mol. The molecule has 0 amide bonds. The van der Waals surface area contributed by atoms with Crippen LogP contribution in [0.25, 0.3) is 0 Å². The molecule has 1 aliphatic carbocycles. The van der Waals surface area contributed by atoms with Crippen molar-refractivity contribution in [1.82, 2.24) is 0 Å². The molecule has 0 radical (unpaired) electrons. The summed E-state index contributed by atoms with van der Waals surface area (Å²) in [6, 6.07) is 15.5. The van der Waals surface area contributed by atoms with Crippen molar-refractivity contribution in [3.8, 4) is 5.75 Å². The molecule has 0 heterocycles. The molecule has 1 saturated carbocycles. The van der Waals surface area contributed by atoms with Gasteiger partial charge in [0.15, 0.2) is 0 Å². The van der Waals surface area contributed by atoms with Crippen LogP contribution in [-0.4, -0.2) is 12.3 Å². The van der Waals surface area contributed by atoms with Crippen molar-refractivity contribution in [2.45, 2.75) is 31.8 Å². The number of hydrazone groups is 1. The first-order valence-corrected chi connectivity index (χ1v) is 7.99. The lowest BCUT2D eigenvalue weighted by Gasteiger charge is -2.12. The molecule has 0 saturated heterocycles. The molecule has 0 atom stereocenters. The van der Waals surface area contributed by atoms with Crippen LogP contribution in [0.15, 0.2) is 53.6 Å². The van der Waals surface area contributed by atoms with Crippen molar-refractivity contribution >= 4 is 23.5 Å². The number of nitrogens with one attached hydrogen (secondary N) is 1. The van der Waals surface area contributed by atoms with Crippen molar-refractivity contribution in [1.29, 1.82) is 0 Å². The Morgan fingerprint density at radius 2 is 1.68 bits per heavy atom. The predicted octanol–water partition coefficient (Wildman–Crippen LogP) is 5.11. The summed E-state index contributed by atoms with van der Waals surface area (Å²) in [5.41, 5.74) is 4.91. The molecule has 2 aromatic rings. The third-order valence-electron chi connectivity index (χ3n) is 3.74. The van der Waals surface area contributed by atoms with Crippen molar-refractivity contribution in [2.24, 2.45) is 5.10 Å². The van der Waals surface area contributed by atoms with Crippen molar-refractivity contribution in [3.05, 3.63) is 59.1 Å². The van der Waals surface area contributed by atoms with Crippen LogP contribution in [0.2, 0.25) is 5.02 Å². The maximum Gasteiger partial charge on any atom is 0.119 e. The molecule has 0 bridgehead atoms. The summed E-state index contributed by atoms with van der Waals surface area (Å²) in [7, 11) is 0. The molecule has 0 spiro atoms. The molecular weight excluding hydrogens is 296 g/mol. The van der Waals surface area contributed by atoms with Crippen LogP contribution in [0.4, 0.5) is 5.69 Å². The minimum absolute atomic E-state index is 0.395. The summed E-state index contributed by atoms with van der Waals surface area (Å²) < 4.78 is 5.94. The highest BCUT2D eigenvalue weighted by molar-refractivity contribution is 6.30. The molecule has 3 nitrogen and oxygen atoms in total. The number of hydrogen-bond acceptors (Lipinski definition) is 3. The van der Waals surface area contributed by atoms with Crippen LogP contribution in [0.1, 0.15) is 31.2 Å². The van der Waals surface area contributed by atoms with Gasteiger partial charge in [0.1, 0.15) is 5.75 Å². The second-order valence-corrected chi connectivity index (χ2v) is 5.91. The van der Waals surface area contributed by atoms with Gasteiger partial charge in [0.2, 0.25) is 0 Å². The van der Waals surface area contributed by atoms with E-state index in [1.807, 2.05) is 48.5 Å². The van der Waals surface area contributed by atoms with Crippen molar-refractivity contribution in [3.63, 3.8) is 0 Å². The van der Waals surface area contributed by atoms with Gasteiger partial charge >= 0.3 is 0 Å². The van der Waals surface area contributed by atoms with E-state index in [4.69, 9.17) is 16.3 Å².